The molecule has 0 spiro atoms. The molecule has 0 unspecified atom stereocenters. The van der Waals surface area contributed by atoms with Crippen LogP contribution in [0, 0.1) is 0 Å². The lowest BCUT2D eigenvalue weighted by Gasteiger charge is -2.17. The molecule has 0 bridgehead atoms. The number of hydrogen-bond donors (Lipinski definition) is 1. The van der Waals surface area contributed by atoms with Crippen molar-refractivity contribution in [3.05, 3.63) is 59.7 Å². The van der Waals surface area contributed by atoms with E-state index in [9.17, 15) is 9.90 Å². The van der Waals surface area contributed by atoms with Crippen LogP contribution in [0.25, 0.3) is 0 Å². The third kappa shape index (κ3) is 1.84. The number of amides is 1. The lowest BCUT2D eigenvalue weighted by molar-refractivity contribution is -0.117. The van der Waals surface area contributed by atoms with Crippen LogP contribution in [0.3, 0.4) is 0 Å². The highest BCUT2D eigenvalue weighted by molar-refractivity contribution is 6.01. The number of fused-ring (bicyclic) bond motifs is 1. The normalized spacial score (nSPS) is 13.8. The first kappa shape index (κ1) is 10.8. The SMILES string of the molecule is O=C1Cc2cc(O)ccc2N1Cc1ccccc1. The zero-order valence-electron chi connectivity index (χ0n) is 9.84. The number of phenols is 1. The van der Waals surface area contributed by atoms with Crippen LogP contribution >= 0.6 is 0 Å². The summed E-state index contributed by atoms with van der Waals surface area (Å²) in [5, 5.41) is 9.43. The second-order valence-corrected chi connectivity index (χ2v) is 4.46. The predicted molar refractivity (Wildman–Crippen MR) is 69.4 cm³/mol. The highest BCUT2D eigenvalue weighted by Gasteiger charge is 2.27. The topological polar surface area (TPSA) is 40.5 Å². The fraction of sp³-hybridized carbons (Fsp3) is 0.133. The van der Waals surface area contributed by atoms with Crippen molar-refractivity contribution in [2.75, 3.05) is 4.90 Å². The van der Waals surface area contributed by atoms with E-state index in [1.165, 1.54) is 0 Å². The Morgan fingerprint density at radius 3 is 2.67 bits per heavy atom. The van der Waals surface area contributed by atoms with E-state index >= 15 is 0 Å². The zero-order chi connectivity index (χ0) is 12.5. The molecule has 3 heteroatoms. The molecular formula is C15H13NO2. The Bertz CT molecular complexity index is 593. The molecule has 0 radical (unpaired) electrons. The van der Waals surface area contributed by atoms with Gasteiger partial charge in [-0.05, 0) is 29.3 Å². The Morgan fingerprint density at radius 2 is 1.89 bits per heavy atom. The Kier molecular flexibility index (Phi) is 2.52. The summed E-state index contributed by atoms with van der Waals surface area (Å²) in [5.74, 6) is 0.294. The summed E-state index contributed by atoms with van der Waals surface area (Å²) in [4.78, 5) is 13.8. The van der Waals surface area contributed by atoms with Crippen molar-refractivity contribution in [1.29, 1.82) is 0 Å². The van der Waals surface area contributed by atoms with Crippen LogP contribution in [-0.4, -0.2) is 11.0 Å². The number of benzene rings is 2. The average molecular weight is 239 g/mol. The highest BCUT2D eigenvalue weighted by atomic mass is 16.3. The van der Waals surface area contributed by atoms with Gasteiger partial charge >= 0.3 is 0 Å². The minimum atomic E-state index is 0.0828. The fourth-order valence-corrected chi connectivity index (χ4v) is 2.31. The molecule has 2 aromatic rings. The van der Waals surface area contributed by atoms with Gasteiger partial charge in [-0.3, -0.25) is 4.79 Å². The van der Waals surface area contributed by atoms with E-state index in [1.54, 1.807) is 23.1 Å². The van der Waals surface area contributed by atoms with Crippen molar-refractivity contribution < 1.29 is 9.90 Å². The third-order valence-electron chi connectivity index (χ3n) is 3.18. The number of phenolic OH excluding ortho intramolecular Hbond substituents is 1. The molecule has 2 aromatic carbocycles. The van der Waals surface area contributed by atoms with Crippen LogP contribution in [0.2, 0.25) is 0 Å². The molecule has 0 saturated carbocycles. The van der Waals surface area contributed by atoms with Gasteiger partial charge in [-0.1, -0.05) is 30.3 Å². The maximum absolute atomic E-state index is 12.0. The summed E-state index contributed by atoms with van der Waals surface area (Å²) in [6, 6.07) is 15.0. The van der Waals surface area contributed by atoms with Crippen molar-refractivity contribution in [1.82, 2.24) is 0 Å². The largest absolute Gasteiger partial charge is 0.508 e. The highest BCUT2D eigenvalue weighted by Crippen LogP contribution is 2.32. The summed E-state index contributed by atoms with van der Waals surface area (Å²) < 4.78 is 0. The van der Waals surface area contributed by atoms with Crippen molar-refractivity contribution in [3.8, 4) is 5.75 Å². The number of nitrogens with zero attached hydrogens (tertiary/aromatic N) is 1. The molecule has 0 saturated heterocycles. The van der Waals surface area contributed by atoms with Crippen LogP contribution in [0.1, 0.15) is 11.1 Å². The van der Waals surface area contributed by atoms with Gasteiger partial charge in [0, 0.05) is 5.69 Å². The summed E-state index contributed by atoms with van der Waals surface area (Å²) in [6.45, 7) is 0.581. The van der Waals surface area contributed by atoms with Gasteiger partial charge in [-0.15, -0.1) is 0 Å². The van der Waals surface area contributed by atoms with Crippen molar-refractivity contribution in [2.45, 2.75) is 13.0 Å². The second-order valence-electron chi connectivity index (χ2n) is 4.46. The smallest absolute Gasteiger partial charge is 0.231 e. The Labute approximate surface area is 105 Å². The fourth-order valence-electron chi connectivity index (χ4n) is 2.31. The molecule has 0 aliphatic carbocycles. The number of carbonyl (C=O) groups is 1. The quantitative estimate of drug-likeness (QED) is 0.874. The van der Waals surface area contributed by atoms with Gasteiger partial charge in [0.05, 0.1) is 13.0 Å². The average Bonchev–Trinajstić information content (AvgIpc) is 2.66. The molecule has 1 amide bonds. The number of anilines is 1. The van der Waals surface area contributed by atoms with E-state index in [0.717, 1.165) is 16.8 Å². The number of rotatable bonds is 2. The standard InChI is InChI=1S/C15H13NO2/c17-13-6-7-14-12(8-13)9-15(18)16(14)10-11-4-2-1-3-5-11/h1-8,17H,9-10H2. The van der Waals surface area contributed by atoms with Crippen molar-refractivity contribution >= 4 is 11.6 Å². The number of carbonyl (C=O) groups excluding carboxylic acids is 1. The van der Waals surface area contributed by atoms with Gasteiger partial charge in [0.2, 0.25) is 5.91 Å². The first-order chi connectivity index (χ1) is 8.74. The second kappa shape index (κ2) is 4.18. The van der Waals surface area contributed by atoms with Crippen LogP contribution < -0.4 is 4.90 Å². The molecule has 0 fully saturated rings. The molecule has 18 heavy (non-hydrogen) atoms. The van der Waals surface area contributed by atoms with E-state index < -0.39 is 0 Å². The molecule has 3 rings (SSSR count). The minimum absolute atomic E-state index is 0.0828. The molecule has 0 atom stereocenters. The summed E-state index contributed by atoms with van der Waals surface area (Å²) >= 11 is 0. The summed E-state index contributed by atoms with van der Waals surface area (Å²) in [6.07, 6.45) is 0.372. The van der Waals surface area contributed by atoms with Crippen LogP contribution in [0.5, 0.6) is 5.75 Å². The molecule has 1 aliphatic rings. The molecule has 1 heterocycles. The molecule has 1 N–H and O–H groups in total. The lowest BCUT2D eigenvalue weighted by Crippen LogP contribution is -2.25. The van der Waals surface area contributed by atoms with Crippen LogP contribution in [0.4, 0.5) is 5.69 Å². The van der Waals surface area contributed by atoms with Gasteiger partial charge in [0.25, 0.3) is 0 Å². The van der Waals surface area contributed by atoms with E-state index in [-0.39, 0.29) is 11.7 Å². The van der Waals surface area contributed by atoms with Crippen molar-refractivity contribution in [2.24, 2.45) is 0 Å². The first-order valence-electron chi connectivity index (χ1n) is 5.90. The summed E-state index contributed by atoms with van der Waals surface area (Å²) in [5.41, 5.74) is 2.91. The number of hydrogen-bond acceptors (Lipinski definition) is 2. The van der Waals surface area contributed by atoms with Gasteiger partial charge in [0.15, 0.2) is 0 Å². The van der Waals surface area contributed by atoms with Gasteiger partial charge < -0.3 is 10.0 Å². The molecular weight excluding hydrogens is 226 g/mol. The van der Waals surface area contributed by atoms with E-state index in [1.807, 2.05) is 30.3 Å². The Morgan fingerprint density at radius 1 is 1.11 bits per heavy atom. The van der Waals surface area contributed by atoms with E-state index in [4.69, 9.17) is 0 Å². The Balaban J connectivity index is 1.93. The molecule has 0 aromatic heterocycles. The maximum Gasteiger partial charge on any atom is 0.231 e. The minimum Gasteiger partial charge on any atom is -0.508 e. The first-order valence-corrected chi connectivity index (χ1v) is 5.90. The molecule has 90 valence electrons. The van der Waals surface area contributed by atoms with E-state index in [2.05, 4.69) is 0 Å². The van der Waals surface area contributed by atoms with Gasteiger partial charge in [-0.2, -0.15) is 0 Å². The monoisotopic (exact) mass is 239 g/mol. The summed E-state index contributed by atoms with van der Waals surface area (Å²) in [7, 11) is 0. The van der Waals surface area contributed by atoms with Crippen molar-refractivity contribution in [3.63, 3.8) is 0 Å². The maximum atomic E-state index is 12.0. The number of aromatic hydroxyl groups is 1. The van der Waals surface area contributed by atoms with Gasteiger partial charge in [0.1, 0.15) is 5.75 Å². The van der Waals surface area contributed by atoms with E-state index in [0.29, 0.717) is 13.0 Å². The Hall–Kier alpha value is -2.29. The third-order valence-corrected chi connectivity index (χ3v) is 3.18. The van der Waals surface area contributed by atoms with Crippen LogP contribution in [0.15, 0.2) is 48.5 Å². The predicted octanol–water partition coefficient (Wildman–Crippen LogP) is 2.48. The zero-order valence-corrected chi connectivity index (χ0v) is 9.84. The van der Waals surface area contributed by atoms with Crippen LogP contribution in [-0.2, 0) is 17.8 Å². The lowest BCUT2D eigenvalue weighted by atomic mass is 10.1. The molecule has 1 aliphatic heterocycles. The molecule has 3 nitrogen and oxygen atoms in total. The van der Waals surface area contributed by atoms with Gasteiger partial charge in [-0.25, -0.2) is 0 Å².